The van der Waals surface area contributed by atoms with Crippen LogP contribution in [0.3, 0.4) is 0 Å². The Bertz CT molecular complexity index is 2860. The van der Waals surface area contributed by atoms with Crippen LogP contribution in [0.1, 0.15) is 60.9 Å². The van der Waals surface area contributed by atoms with Crippen LogP contribution in [0, 0.1) is 20.8 Å². The molecule has 1 aromatic heterocycles. The molecule has 4 amide bonds. The Morgan fingerprint density at radius 3 is 2.02 bits per heavy atom. The van der Waals surface area contributed by atoms with Crippen molar-refractivity contribution in [1.29, 1.82) is 5.26 Å². The van der Waals surface area contributed by atoms with Crippen molar-refractivity contribution in [2.45, 2.75) is 63.0 Å². The number of amides is 4. The number of ether oxygens (including phenoxy) is 1. The Balaban J connectivity index is 0.954. The van der Waals surface area contributed by atoms with Crippen molar-refractivity contribution in [3.05, 3.63) is 69.4 Å². The van der Waals surface area contributed by atoms with Crippen LogP contribution in [0.15, 0.2) is 70.0 Å². The summed E-state index contributed by atoms with van der Waals surface area (Å²) in [6.45, 7) is 1.49. The lowest BCUT2D eigenvalue weighted by Gasteiger charge is -2.33. The second-order valence-corrected chi connectivity index (χ2v) is 22.3. The highest BCUT2D eigenvalue weighted by atomic mass is 127. The maximum Gasteiger partial charge on any atom is 0.317 e. The number of benzene rings is 2. The van der Waals surface area contributed by atoms with Gasteiger partial charge in [-0.25, -0.2) is 8.78 Å². The molecule has 0 bridgehead atoms. The molecule has 27 nitrogen and oxygen atoms in total. The number of piperidine rings is 1. The van der Waals surface area contributed by atoms with Gasteiger partial charge in [0.25, 0.3) is 11.8 Å². The first-order valence-corrected chi connectivity index (χ1v) is 29.4. The summed E-state index contributed by atoms with van der Waals surface area (Å²) < 4.78 is 35.0. The molecule has 4 heterocycles. The van der Waals surface area contributed by atoms with E-state index < -0.39 is 67.2 Å². The molecule has 30 heteroatoms. The van der Waals surface area contributed by atoms with E-state index in [1.54, 1.807) is 51.4 Å². The molecule has 0 saturated carbocycles. The van der Waals surface area contributed by atoms with Crippen molar-refractivity contribution in [2.24, 2.45) is 21.2 Å². The predicted molar refractivity (Wildman–Crippen MR) is 321 cm³/mol. The van der Waals surface area contributed by atoms with Crippen LogP contribution in [-0.2, 0) is 28.8 Å². The number of halogens is 3. The summed E-state index contributed by atoms with van der Waals surface area (Å²) in [5, 5.41) is 56.7. The summed E-state index contributed by atoms with van der Waals surface area (Å²) >= 11 is 2.22. The summed E-state index contributed by atoms with van der Waals surface area (Å²) in [7, 11) is 0. The van der Waals surface area contributed by atoms with Crippen molar-refractivity contribution in [1.82, 2.24) is 61.3 Å². The number of likely N-dealkylation sites (tertiary alicyclic amines) is 2. The number of aliphatic carboxylic acids is 3. The number of hydrogen-bond donors (Lipinski definition) is 8. The number of hydrazone groups is 3. The van der Waals surface area contributed by atoms with Gasteiger partial charge in [0.1, 0.15) is 18.5 Å². The smallest absolute Gasteiger partial charge is 0.317 e. The number of nitriles is 1. The van der Waals surface area contributed by atoms with Crippen molar-refractivity contribution < 1.29 is 62.4 Å². The maximum absolute atomic E-state index is 13.9. The molecule has 6 rings (SSSR count). The lowest BCUT2D eigenvalue weighted by molar-refractivity contribution is -0.140. The largest absolute Gasteiger partial charge is 0.494 e. The van der Waals surface area contributed by atoms with Gasteiger partial charge in [0.2, 0.25) is 17.7 Å². The van der Waals surface area contributed by atoms with Gasteiger partial charge in [-0.05, 0) is 96.2 Å². The molecule has 3 saturated heterocycles. The summed E-state index contributed by atoms with van der Waals surface area (Å²) in [5.41, 5.74) is 10.3. The number of hydrogen-bond acceptors (Lipinski definition) is 20. The molecule has 8 N–H and O–H groups in total. The number of rotatable bonds is 29. The minimum absolute atomic E-state index is 0.0316. The monoisotopic (exact) mass is 1310 g/mol. The number of fused-ring (bicyclic) bond motifs is 1. The average molecular weight is 1310 g/mol. The number of carbonyl (C=O) groups is 7. The van der Waals surface area contributed by atoms with E-state index in [-0.39, 0.29) is 122 Å². The van der Waals surface area contributed by atoms with E-state index in [0.717, 1.165) is 39.7 Å². The first kappa shape index (κ1) is 67.4. The summed E-state index contributed by atoms with van der Waals surface area (Å²) in [6.07, 6.45) is 9.07. The van der Waals surface area contributed by atoms with Gasteiger partial charge in [0.15, 0.2) is 0 Å². The Hall–Kier alpha value is -7.73. The third-order valence-corrected chi connectivity index (χ3v) is 15.2. The van der Waals surface area contributed by atoms with E-state index in [1.165, 1.54) is 18.5 Å². The number of alkyl halides is 2. The lowest BCUT2D eigenvalue weighted by atomic mass is 9.92. The zero-order valence-electron chi connectivity index (χ0n) is 47.7. The van der Waals surface area contributed by atoms with Crippen LogP contribution in [0.4, 0.5) is 8.78 Å². The highest BCUT2D eigenvalue weighted by molar-refractivity contribution is 14.1. The third kappa shape index (κ3) is 24.0. The minimum Gasteiger partial charge on any atom is -0.494 e. The lowest BCUT2D eigenvalue weighted by Crippen LogP contribution is -2.50. The molecule has 0 spiro atoms. The number of pyridine rings is 1. The fraction of sp³-hybridized carbons (Fsp3) is 0.536. The van der Waals surface area contributed by atoms with E-state index in [4.69, 9.17) is 4.74 Å². The Morgan fingerprint density at radius 2 is 1.41 bits per heavy atom. The van der Waals surface area contributed by atoms with Gasteiger partial charge in [0.05, 0.1) is 75.3 Å². The van der Waals surface area contributed by atoms with Gasteiger partial charge in [0, 0.05) is 119 Å². The van der Waals surface area contributed by atoms with E-state index in [2.05, 4.69) is 69.8 Å². The Morgan fingerprint density at radius 1 is 0.791 bits per heavy atom. The van der Waals surface area contributed by atoms with Crippen molar-refractivity contribution >= 4 is 93.7 Å². The molecule has 3 aliphatic rings. The second-order valence-electron chi connectivity index (χ2n) is 21.0. The number of nitrogens with one attached hydrogen (secondary N) is 5. The van der Waals surface area contributed by atoms with Crippen LogP contribution in [-0.4, -0.2) is 252 Å². The van der Waals surface area contributed by atoms with Crippen molar-refractivity contribution in [3.63, 3.8) is 0 Å². The molecule has 2 aromatic carbocycles. The van der Waals surface area contributed by atoms with Crippen molar-refractivity contribution in [3.8, 4) is 11.8 Å². The highest BCUT2D eigenvalue weighted by Gasteiger charge is 2.47. The number of carboxylic acid groups (broad SMARTS) is 3. The Labute approximate surface area is 510 Å². The fourth-order valence-electron chi connectivity index (χ4n) is 9.95. The fourth-order valence-corrected chi connectivity index (χ4v) is 10.3. The molecule has 0 unspecified atom stereocenters. The van der Waals surface area contributed by atoms with Gasteiger partial charge < -0.3 is 45.9 Å². The number of carboxylic acids is 3. The highest BCUT2D eigenvalue weighted by Crippen LogP contribution is 2.32. The van der Waals surface area contributed by atoms with Crippen LogP contribution < -0.4 is 31.6 Å². The standard InChI is InChI=1S/C56H75F2IN16O11/c57-56(58)29-44(30-60)75(38-56)51(78)33-62-55(85)46-10-14-61-48-8-7-45(28-47(46)48)86-27-1-2-40-12-17-74(18-13-40)50(77)11-16-63-66-32-43(9-15-64-67-39-68-65-31-41-3-5-42(59)6-4-41)69-49(76)34-70-19-21-71(35-52(79)80)23-25-73(37-54(83)84)26-24-72(22-20-70)36-53(81)82/h3-8,10,14-15,28,31-32,40,43-44,63,67-68H,1-2,9,11-13,16-27,29,33-39H2,(H,62,85)(H,69,76)(H,79,80)(H,81,82)(H,83,84)/b64-15+,65-31+,66-32-/t43-,44+/m0/s1. The van der Waals surface area contributed by atoms with Gasteiger partial charge >= 0.3 is 17.9 Å². The molecular weight excluding hydrogens is 1240 g/mol. The van der Waals surface area contributed by atoms with E-state index >= 15 is 0 Å². The number of aromatic nitrogens is 1. The molecular formula is C56H75F2IN16O11. The van der Waals surface area contributed by atoms with Crippen molar-refractivity contribution in [2.75, 3.05) is 125 Å². The summed E-state index contributed by atoms with van der Waals surface area (Å²) in [6, 6.07) is 14.2. The molecule has 0 aliphatic carbocycles. The van der Waals surface area contributed by atoms with Crippen LogP contribution in [0.5, 0.6) is 5.75 Å². The van der Waals surface area contributed by atoms with E-state index in [0.29, 0.717) is 42.3 Å². The first-order chi connectivity index (χ1) is 41.3. The summed E-state index contributed by atoms with van der Waals surface area (Å²) in [4.78, 5) is 102. The molecule has 3 fully saturated rings. The molecule has 86 heavy (non-hydrogen) atoms. The topological polar surface area (TPSA) is 343 Å². The third-order valence-electron chi connectivity index (χ3n) is 14.5. The Kier molecular flexibility index (Phi) is 27.5. The van der Waals surface area contributed by atoms with Crippen LogP contribution in [0.25, 0.3) is 10.9 Å². The molecule has 2 atom stereocenters. The SMILES string of the molecule is N#C[C@H]1CC(F)(F)CN1C(=O)CNC(=O)c1ccnc2ccc(OCCCC3CCN(C(=O)CCN/N=C\[C@H](C/C=N/NCN/N=C/c4ccc(I)cc4)NC(=O)CN4CCN(CC(=O)O)CCN(CC(=O)O)CCN(CC(=O)O)CC4)CC3)cc12. The van der Waals surface area contributed by atoms with Gasteiger partial charge in [-0.2, -0.15) is 20.6 Å². The minimum atomic E-state index is -3.18. The molecule has 3 aromatic rings. The zero-order valence-corrected chi connectivity index (χ0v) is 49.9. The normalized spacial score (nSPS) is 18.3. The van der Waals surface area contributed by atoms with Gasteiger partial charge in [-0.1, -0.05) is 12.1 Å². The second kappa shape index (κ2) is 35.0. The first-order valence-electron chi connectivity index (χ1n) is 28.3. The summed E-state index contributed by atoms with van der Waals surface area (Å²) in [5.74, 6) is -7.29. The van der Waals surface area contributed by atoms with Gasteiger partial charge in [-0.3, -0.25) is 69.0 Å². The average Bonchev–Trinajstić information content (AvgIpc) is 3.88. The number of nitrogens with zero attached hydrogens (tertiary/aromatic N) is 11. The quantitative estimate of drug-likeness (QED) is 0.0159. The predicted octanol–water partition coefficient (Wildman–Crippen LogP) is 1.20. The van der Waals surface area contributed by atoms with E-state index in [9.17, 15) is 62.9 Å². The number of carbonyl (C=O) groups excluding carboxylic acids is 4. The maximum atomic E-state index is 13.9. The van der Waals surface area contributed by atoms with Gasteiger partial charge in [-0.15, -0.1) is 0 Å². The molecule has 466 valence electrons. The molecule has 3 aliphatic heterocycles. The zero-order chi connectivity index (χ0) is 61.8. The van der Waals surface area contributed by atoms with E-state index in [1.807, 2.05) is 34.1 Å². The molecule has 0 radical (unpaired) electrons. The van der Waals surface area contributed by atoms with Crippen LogP contribution >= 0.6 is 22.6 Å². The van der Waals surface area contributed by atoms with Crippen LogP contribution in [0.2, 0.25) is 0 Å².